The molecule has 0 radical (unpaired) electrons. The van der Waals surface area contributed by atoms with Gasteiger partial charge in [0.05, 0.1) is 10.7 Å². The predicted octanol–water partition coefficient (Wildman–Crippen LogP) is 3.93. The highest BCUT2D eigenvalue weighted by Crippen LogP contribution is 2.24. The van der Waals surface area contributed by atoms with Gasteiger partial charge in [-0.15, -0.1) is 0 Å². The minimum atomic E-state index is -0.682. The van der Waals surface area contributed by atoms with Crippen LogP contribution in [-0.4, -0.2) is 24.8 Å². The minimum absolute atomic E-state index is 0.342. The Morgan fingerprint density at radius 2 is 2.12 bits per heavy atom. The Labute approximate surface area is 155 Å². The molecule has 2 rings (SSSR count). The summed E-state index contributed by atoms with van der Waals surface area (Å²) in [6.07, 6.45) is 2.54. The Bertz CT molecular complexity index is 762. The van der Waals surface area contributed by atoms with Crippen molar-refractivity contribution in [1.29, 1.82) is 0 Å². The van der Waals surface area contributed by atoms with Gasteiger partial charge in [0.2, 0.25) is 0 Å². The standard InChI is InChI=1S/C19H19BrN2O3/c1-3-11-24-16-8-6-7-15(12-16)13-21-22-19(23)14(2)25-18-10-5-4-9-17(18)20/h3-10,12-14H,1,11H2,2H3,(H,22,23). The molecule has 0 saturated heterocycles. The lowest BCUT2D eigenvalue weighted by molar-refractivity contribution is -0.127. The van der Waals surface area contributed by atoms with Crippen LogP contribution in [0.5, 0.6) is 11.5 Å². The van der Waals surface area contributed by atoms with Gasteiger partial charge >= 0.3 is 0 Å². The minimum Gasteiger partial charge on any atom is -0.490 e. The maximum absolute atomic E-state index is 12.1. The number of nitrogens with zero attached hydrogens (tertiary/aromatic N) is 1. The molecule has 6 heteroatoms. The first-order chi connectivity index (χ1) is 12.1. The zero-order chi connectivity index (χ0) is 18.1. The first-order valence-corrected chi connectivity index (χ1v) is 8.47. The SMILES string of the molecule is C=CCOc1cccc(C=NNC(=O)C(C)Oc2ccccc2Br)c1. The number of ether oxygens (including phenoxy) is 2. The molecular weight excluding hydrogens is 384 g/mol. The van der Waals surface area contributed by atoms with E-state index in [2.05, 4.69) is 33.0 Å². The number of hydrogen-bond acceptors (Lipinski definition) is 4. The smallest absolute Gasteiger partial charge is 0.280 e. The van der Waals surface area contributed by atoms with Crippen LogP contribution in [0.2, 0.25) is 0 Å². The van der Waals surface area contributed by atoms with Crippen molar-refractivity contribution in [3.8, 4) is 11.5 Å². The van der Waals surface area contributed by atoms with Crippen LogP contribution in [0.3, 0.4) is 0 Å². The first-order valence-electron chi connectivity index (χ1n) is 7.68. The maximum atomic E-state index is 12.1. The Balaban J connectivity index is 1.89. The Kier molecular flexibility index (Phi) is 7.22. The van der Waals surface area contributed by atoms with Crippen LogP contribution in [0.25, 0.3) is 0 Å². The van der Waals surface area contributed by atoms with Crippen LogP contribution < -0.4 is 14.9 Å². The molecule has 0 aliphatic rings. The van der Waals surface area contributed by atoms with Gasteiger partial charge in [0.1, 0.15) is 18.1 Å². The van der Waals surface area contributed by atoms with Gasteiger partial charge < -0.3 is 9.47 Å². The topological polar surface area (TPSA) is 59.9 Å². The van der Waals surface area contributed by atoms with Gasteiger partial charge in [0.25, 0.3) is 5.91 Å². The Hall–Kier alpha value is -2.60. The number of hydrogen-bond donors (Lipinski definition) is 1. The molecule has 2 aromatic carbocycles. The van der Waals surface area contributed by atoms with Crippen LogP contribution in [0.1, 0.15) is 12.5 Å². The lowest BCUT2D eigenvalue weighted by Crippen LogP contribution is -2.33. The van der Waals surface area contributed by atoms with Crippen molar-refractivity contribution in [3.05, 3.63) is 71.2 Å². The number of rotatable bonds is 8. The molecule has 0 aromatic heterocycles. The van der Waals surface area contributed by atoms with E-state index >= 15 is 0 Å². The molecule has 1 N–H and O–H groups in total. The van der Waals surface area contributed by atoms with Gasteiger partial charge in [-0.3, -0.25) is 4.79 Å². The maximum Gasteiger partial charge on any atom is 0.280 e. The summed E-state index contributed by atoms with van der Waals surface area (Å²) in [6.45, 7) is 5.70. The molecule has 25 heavy (non-hydrogen) atoms. The zero-order valence-electron chi connectivity index (χ0n) is 13.8. The third kappa shape index (κ3) is 6.08. The average Bonchev–Trinajstić information content (AvgIpc) is 2.62. The second-order valence-corrected chi connectivity index (χ2v) is 5.95. The van der Waals surface area contributed by atoms with Gasteiger partial charge in [0.15, 0.2) is 6.10 Å². The number of nitrogens with one attached hydrogen (secondary N) is 1. The number of para-hydroxylation sites is 1. The highest BCUT2D eigenvalue weighted by atomic mass is 79.9. The predicted molar refractivity (Wildman–Crippen MR) is 102 cm³/mol. The molecule has 0 spiro atoms. The largest absolute Gasteiger partial charge is 0.490 e. The molecule has 0 heterocycles. The monoisotopic (exact) mass is 402 g/mol. The third-order valence-electron chi connectivity index (χ3n) is 3.12. The van der Waals surface area contributed by atoms with Crippen LogP contribution in [0.4, 0.5) is 0 Å². The number of benzene rings is 2. The molecule has 0 saturated carbocycles. The first kappa shape index (κ1) is 18.7. The van der Waals surface area contributed by atoms with Crippen molar-refractivity contribution in [2.24, 2.45) is 5.10 Å². The fraction of sp³-hybridized carbons (Fsp3) is 0.158. The lowest BCUT2D eigenvalue weighted by Gasteiger charge is -2.13. The van der Waals surface area contributed by atoms with E-state index < -0.39 is 6.10 Å². The molecule has 1 unspecified atom stereocenters. The van der Waals surface area contributed by atoms with Gasteiger partial charge in [-0.2, -0.15) is 5.10 Å². The summed E-state index contributed by atoms with van der Waals surface area (Å²) in [6, 6.07) is 14.7. The summed E-state index contributed by atoms with van der Waals surface area (Å²) in [7, 11) is 0. The lowest BCUT2D eigenvalue weighted by atomic mass is 10.2. The van der Waals surface area contributed by atoms with E-state index in [0.29, 0.717) is 18.1 Å². The number of hydrazone groups is 1. The van der Waals surface area contributed by atoms with E-state index in [0.717, 1.165) is 10.0 Å². The van der Waals surface area contributed by atoms with E-state index in [1.807, 2.05) is 42.5 Å². The second-order valence-electron chi connectivity index (χ2n) is 5.10. The van der Waals surface area contributed by atoms with Crippen molar-refractivity contribution >= 4 is 28.1 Å². The summed E-state index contributed by atoms with van der Waals surface area (Å²) >= 11 is 3.38. The summed E-state index contributed by atoms with van der Waals surface area (Å²) in [5.74, 6) is 0.966. The molecule has 1 amide bonds. The van der Waals surface area contributed by atoms with Crippen LogP contribution >= 0.6 is 15.9 Å². The fourth-order valence-electron chi connectivity index (χ4n) is 1.89. The van der Waals surface area contributed by atoms with Crippen LogP contribution in [-0.2, 0) is 4.79 Å². The molecule has 0 aliphatic carbocycles. The number of halogens is 1. The molecular formula is C19H19BrN2O3. The summed E-state index contributed by atoms with van der Waals surface area (Å²) in [4.78, 5) is 12.1. The number of carbonyl (C=O) groups is 1. The molecule has 0 aliphatic heterocycles. The normalized spacial score (nSPS) is 11.8. The number of amides is 1. The molecule has 130 valence electrons. The second kappa shape index (κ2) is 9.64. The molecule has 0 fully saturated rings. The molecule has 5 nitrogen and oxygen atoms in total. The Morgan fingerprint density at radius 3 is 2.88 bits per heavy atom. The van der Waals surface area contributed by atoms with Crippen molar-refractivity contribution in [2.45, 2.75) is 13.0 Å². The Morgan fingerprint density at radius 1 is 1.32 bits per heavy atom. The summed E-state index contributed by atoms with van der Waals surface area (Å²) < 4.78 is 11.8. The zero-order valence-corrected chi connectivity index (χ0v) is 15.4. The van der Waals surface area contributed by atoms with Crippen molar-refractivity contribution in [3.63, 3.8) is 0 Å². The summed E-state index contributed by atoms with van der Waals surface area (Å²) in [5.41, 5.74) is 3.27. The molecule has 2 aromatic rings. The van der Waals surface area contributed by atoms with E-state index in [4.69, 9.17) is 9.47 Å². The summed E-state index contributed by atoms with van der Waals surface area (Å²) in [5, 5.41) is 3.96. The van der Waals surface area contributed by atoms with E-state index in [9.17, 15) is 4.79 Å². The van der Waals surface area contributed by atoms with Gasteiger partial charge in [-0.05, 0) is 52.7 Å². The van der Waals surface area contributed by atoms with Crippen LogP contribution in [0, 0.1) is 0 Å². The molecule has 1 atom stereocenters. The van der Waals surface area contributed by atoms with Gasteiger partial charge in [-0.1, -0.05) is 36.9 Å². The van der Waals surface area contributed by atoms with E-state index in [1.54, 1.807) is 25.3 Å². The van der Waals surface area contributed by atoms with Crippen molar-refractivity contribution < 1.29 is 14.3 Å². The van der Waals surface area contributed by atoms with Crippen LogP contribution in [0.15, 0.2) is 70.8 Å². The molecule has 0 bridgehead atoms. The quantitative estimate of drug-likeness (QED) is 0.413. The third-order valence-corrected chi connectivity index (χ3v) is 3.78. The fourth-order valence-corrected chi connectivity index (χ4v) is 2.26. The van der Waals surface area contributed by atoms with Crippen molar-refractivity contribution in [1.82, 2.24) is 5.43 Å². The van der Waals surface area contributed by atoms with E-state index in [-0.39, 0.29) is 5.91 Å². The highest BCUT2D eigenvalue weighted by Gasteiger charge is 2.15. The highest BCUT2D eigenvalue weighted by molar-refractivity contribution is 9.10. The number of carbonyl (C=O) groups excluding carboxylic acids is 1. The van der Waals surface area contributed by atoms with Gasteiger partial charge in [-0.25, -0.2) is 5.43 Å². The van der Waals surface area contributed by atoms with E-state index in [1.165, 1.54) is 0 Å². The van der Waals surface area contributed by atoms with Gasteiger partial charge in [0, 0.05) is 0 Å². The average molecular weight is 403 g/mol. The van der Waals surface area contributed by atoms with Crippen molar-refractivity contribution in [2.75, 3.05) is 6.61 Å².